The molecule has 6 nitrogen and oxygen atoms in total. The van der Waals surface area contributed by atoms with E-state index in [1.54, 1.807) is 0 Å². The van der Waals surface area contributed by atoms with Gasteiger partial charge in [0, 0.05) is 25.8 Å². The van der Waals surface area contributed by atoms with Crippen molar-refractivity contribution in [3.63, 3.8) is 0 Å². The van der Waals surface area contributed by atoms with Gasteiger partial charge in [-0.2, -0.15) is 0 Å². The quantitative estimate of drug-likeness (QED) is 0.594. The summed E-state index contributed by atoms with van der Waals surface area (Å²) in [6.07, 6.45) is 2.69. The third kappa shape index (κ3) is 5.35. The van der Waals surface area contributed by atoms with Crippen molar-refractivity contribution < 1.29 is 19.4 Å². The number of carbonyl (C=O) groups excluding carboxylic acids is 1. The van der Waals surface area contributed by atoms with E-state index >= 15 is 0 Å². The van der Waals surface area contributed by atoms with E-state index in [4.69, 9.17) is 9.84 Å². The number of amides is 2. The van der Waals surface area contributed by atoms with Gasteiger partial charge in [-0.25, -0.2) is 4.79 Å². The van der Waals surface area contributed by atoms with E-state index in [1.165, 1.54) is 0 Å². The van der Waals surface area contributed by atoms with Crippen molar-refractivity contribution in [1.82, 2.24) is 10.6 Å². The smallest absolute Gasteiger partial charge is 0.315 e. The van der Waals surface area contributed by atoms with Crippen LogP contribution >= 0.6 is 0 Å². The lowest BCUT2D eigenvalue weighted by molar-refractivity contribution is -0.141. The molecule has 1 saturated carbocycles. The summed E-state index contributed by atoms with van der Waals surface area (Å²) in [5.41, 5.74) is 0. The molecule has 2 atom stereocenters. The number of nitrogens with one attached hydrogen (secondary N) is 2. The third-order valence-corrected chi connectivity index (χ3v) is 3.07. The van der Waals surface area contributed by atoms with Crippen LogP contribution in [0.5, 0.6) is 0 Å². The van der Waals surface area contributed by atoms with Gasteiger partial charge in [0.2, 0.25) is 0 Å². The average molecular weight is 258 g/mol. The van der Waals surface area contributed by atoms with Crippen LogP contribution in [0.15, 0.2) is 0 Å². The lowest BCUT2D eigenvalue weighted by Gasteiger charge is -2.13. The van der Waals surface area contributed by atoms with E-state index in [0.29, 0.717) is 32.6 Å². The summed E-state index contributed by atoms with van der Waals surface area (Å²) in [6, 6.07) is -0.236. The van der Waals surface area contributed by atoms with Crippen LogP contribution in [0.4, 0.5) is 4.79 Å². The minimum Gasteiger partial charge on any atom is -0.481 e. The molecule has 1 aliphatic rings. The molecule has 6 heteroatoms. The van der Waals surface area contributed by atoms with Crippen molar-refractivity contribution in [2.45, 2.75) is 38.6 Å². The van der Waals surface area contributed by atoms with Gasteiger partial charge in [0.25, 0.3) is 0 Å². The Hall–Kier alpha value is -1.30. The number of aliphatic carboxylic acids is 1. The number of carbonyl (C=O) groups is 2. The number of ether oxygens (including phenoxy) is 1. The lowest BCUT2D eigenvalue weighted by Crippen LogP contribution is -2.41. The Kier molecular flexibility index (Phi) is 6.49. The maximum absolute atomic E-state index is 11.5. The summed E-state index contributed by atoms with van der Waals surface area (Å²) in [7, 11) is 0. The average Bonchev–Trinajstić information content (AvgIpc) is 2.77. The Morgan fingerprint density at radius 1 is 1.39 bits per heavy atom. The molecule has 0 aromatic rings. The van der Waals surface area contributed by atoms with Crippen LogP contribution in [-0.4, -0.2) is 42.9 Å². The molecule has 2 amide bonds. The highest BCUT2D eigenvalue weighted by Crippen LogP contribution is 2.25. The van der Waals surface area contributed by atoms with Crippen LogP contribution in [-0.2, 0) is 9.53 Å². The standard InChI is InChI=1S/C12H22N2O4/c1-2-18-7-3-6-13-12(17)14-10-5-4-9(8-10)11(15)16/h9-10H,2-8H2,1H3,(H,15,16)(H2,13,14,17)/t9-,10+/m1/s1. The fourth-order valence-corrected chi connectivity index (χ4v) is 2.09. The van der Waals surface area contributed by atoms with Gasteiger partial charge in [-0.15, -0.1) is 0 Å². The van der Waals surface area contributed by atoms with E-state index in [0.717, 1.165) is 12.8 Å². The van der Waals surface area contributed by atoms with Crippen LogP contribution in [0.2, 0.25) is 0 Å². The number of hydrogen-bond acceptors (Lipinski definition) is 3. The van der Waals surface area contributed by atoms with E-state index in [-0.39, 0.29) is 18.0 Å². The molecule has 0 unspecified atom stereocenters. The van der Waals surface area contributed by atoms with E-state index < -0.39 is 5.97 Å². The van der Waals surface area contributed by atoms with Gasteiger partial charge in [-0.05, 0) is 32.6 Å². The maximum Gasteiger partial charge on any atom is 0.315 e. The molecule has 0 aromatic carbocycles. The Bertz CT molecular complexity index is 283. The molecule has 0 aromatic heterocycles. The lowest BCUT2D eigenvalue weighted by atomic mass is 10.1. The monoisotopic (exact) mass is 258 g/mol. The zero-order valence-electron chi connectivity index (χ0n) is 10.8. The molecular weight excluding hydrogens is 236 g/mol. The molecule has 0 saturated heterocycles. The maximum atomic E-state index is 11.5. The van der Waals surface area contributed by atoms with Crippen molar-refractivity contribution in [3.05, 3.63) is 0 Å². The Morgan fingerprint density at radius 2 is 2.17 bits per heavy atom. The van der Waals surface area contributed by atoms with Crippen LogP contribution in [0.1, 0.15) is 32.6 Å². The highest BCUT2D eigenvalue weighted by molar-refractivity contribution is 5.75. The Morgan fingerprint density at radius 3 is 2.78 bits per heavy atom. The molecule has 104 valence electrons. The van der Waals surface area contributed by atoms with Gasteiger partial charge >= 0.3 is 12.0 Å². The third-order valence-electron chi connectivity index (χ3n) is 3.07. The number of carboxylic acid groups (broad SMARTS) is 1. The molecule has 0 spiro atoms. The minimum absolute atomic E-state index is 0.0157. The predicted molar refractivity (Wildman–Crippen MR) is 66.4 cm³/mol. The Balaban J connectivity index is 2.08. The second-order valence-corrected chi connectivity index (χ2v) is 4.50. The largest absolute Gasteiger partial charge is 0.481 e. The molecule has 0 aliphatic heterocycles. The van der Waals surface area contributed by atoms with Gasteiger partial charge in [-0.1, -0.05) is 0 Å². The van der Waals surface area contributed by atoms with Gasteiger partial charge in [0.1, 0.15) is 0 Å². The summed E-state index contributed by atoms with van der Waals surface area (Å²) in [5, 5.41) is 14.4. The van der Waals surface area contributed by atoms with Crippen molar-refractivity contribution in [2.24, 2.45) is 5.92 Å². The van der Waals surface area contributed by atoms with Crippen LogP contribution in [0, 0.1) is 5.92 Å². The first kappa shape index (κ1) is 14.8. The summed E-state index contributed by atoms with van der Waals surface area (Å²) >= 11 is 0. The number of rotatable bonds is 7. The normalized spacial score (nSPS) is 22.7. The van der Waals surface area contributed by atoms with Gasteiger partial charge in [-0.3, -0.25) is 4.79 Å². The molecule has 1 rings (SSSR count). The molecule has 1 fully saturated rings. The first-order chi connectivity index (χ1) is 8.63. The van der Waals surface area contributed by atoms with Crippen molar-refractivity contribution in [3.8, 4) is 0 Å². The van der Waals surface area contributed by atoms with Crippen LogP contribution in [0.3, 0.4) is 0 Å². The van der Waals surface area contributed by atoms with Crippen LogP contribution in [0.25, 0.3) is 0 Å². The summed E-state index contributed by atoms with van der Waals surface area (Å²) in [6.45, 7) is 3.83. The first-order valence-corrected chi connectivity index (χ1v) is 6.48. The number of carboxylic acids is 1. The van der Waals surface area contributed by atoms with Crippen molar-refractivity contribution in [2.75, 3.05) is 19.8 Å². The number of hydrogen-bond donors (Lipinski definition) is 3. The second kappa shape index (κ2) is 7.92. The first-order valence-electron chi connectivity index (χ1n) is 6.48. The fourth-order valence-electron chi connectivity index (χ4n) is 2.09. The van der Waals surface area contributed by atoms with Gasteiger partial charge in [0.15, 0.2) is 0 Å². The highest BCUT2D eigenvalue weighted by Gasteiger charge is 2.30. The summed E-state index contributed by atoms with van der Waals surface area (Å²) in [4.78, 5) is 22.3. The Labute approximate surface area is 107 Å². The van der Waals surface area contributed by atoms with Gasteiger partial charge < -0.3 is 20.5 Å². The van der Waals surface area contributed by atoms with E-state index in [1.807, 2.05) is 6.92 Å². The molecule has 0 heterocycles. The molecule has 18 heavy (non-hydrogen) atoms. The van der Waals surface area contributed by atoms with Gasteiger partial charge in [0.05, 0.1) is 5.92 Å². The molecule has 3 N–H and O–H groups in total. The zero-order valence-corrected chi connectivity index (χ0v) is 10.8. The summed E-state index contributed by atoms with van der Waals surface area (Å²) in [5.74, 6) is -1.08. The highest BCUT2D eigenvalue weighted by atomic mass is 16.5. The SMILES string of the molecule is CCOCCCNC(=O)N[C@H]1CC[C@@H](C(=O)O)C1. The molecule has 1 aliphatic carbocycles. The van der Waals surface area contributed by atoms with Crippen molar-refractivity contribution >= 4 is 12.0 Å². The topological polar surface area (TPSA) is 87.7 Å². The second-order valence-electron chi connectivity index (χ2n) is 4.50. The molecule has 0 radical (unpaired) electrons. The zero-order chi connectivity index (χ0) is 13.4. The van der Waals surface area contributed by atoms with Crippen molar-refractivity contribution in [1.29, 1.82) is 0 Å². The predicted octanol–water partition coefficient (Wildman–Crippen LogP) is 0.965. The fraction of sp³-hybridized carbons (Fsp3) is 0.833. The van der Waals surface area contributed by atoms with E-state index in [2.05, 4.69) is 10.6 Å². The minimum atomic E-state index is -0.767. The summed E-state index contributed by atoms with van der Waals surface area (Å²) < 4.78 is 5.15. The molecule has 0 bridgehead atoms. The molecular formula is C12H22N2O4. The van der Waals surface area contributed by atoms with E-state index in [9.17, 15) is 9.59 Å². The number of urea groups is 1. The van der Waals surface area contributed by atoms with Crippen LogP contribution < -0.4 is 10.6 Å².